The summed E-state index contributed by atoms with van der Waals surface area (Å²) in [4.78, 5) is 26.6. The number of benzene rings is 3. The summed E-state index contributed by atoms with van der Waals surface area (Å²) < 4.78 is 11.2. The van der Waals surface area contributed by atoms with Crippen LogP contribution in [0.15, 0.2) is 66.7 Å². The van der Waals surface area contributed by atoms with Gasteiger partial charge in [0.05, 0.1) is 17.6 Å². The normalized spacial score (nSPS) is 21.7. The van der Waals surface area contributed by atoms with E-state index in [2.05, 4.69) is 30.4 Å². The molecule has 6 rings (SSSR count). The topological polar surface area (TPSA) is 88.1 Å². The number of carboxylic acid groups (broad SMARTS) is 1. The van der Waals surface area contributed by atoms with E-state index in [9.17, 15) is 9.59 Å². The van der Waals surface area contributed by atoms with Crippen LogP contribution in [0.4, 0.5) is 5.69 Å². The van der Waals surface area contributed by atoms with Crippen molar-refractivity contribution in [2.75, 3.05) is 18.7 Å². The molecule has 0 radical (unpaired) electrons. The second-order valence-electron chi connectivity index (χ2n) is 9.45. The lowest BCUT2D eigenvalue weighted by atomic mass is 9.80. The summed E-state index contributed by atoms with van der Waals surface area (Å²) in [5, 5.41) is 12.9. The number of nitrogens with one attached hydrogen (secondary N) is 1. The number of ether oxygens (including phenoxy) is 2. The molecule has 1 fully saturated rings. The highest BCUT2D eigenvalue weighted by Gasteiger charge is 2.45. The molecular weight excluding hydrogens is 456 g/mol. The van der Waals surface area contributed by atoms with E-state index in [1.165, 1.54) is 28.9 Å². The molecule has 36 heavy (non-hydrogen) atoms. The fourth-order valence-corrected chi connectivity index (χ4v) is 5.63. The van der Waals surface area contributed by atoms with Crippen molar-refractivity contribution >= 4 is 23.6 Å². The van der Waals surface area contributed by atoms with Crippen molar-refractivity contribution in [2.24, 2.45) is 0 Å². The zero-order valence-electron chi connectivity index (χ0n) is 19.8. The van der Waals surface area contributed by atoms with Crippen LogP contribution in [0.2, 0.25) is 0 Å². The van der Waals surface area contributed by atoms with E-state index in [0.717, 1.165) is 17.5 Å². The van der Waals surface area contributed by atoms with Crippen LogP contribution in [0.3, 0.4) is 0 Å². The van der Waals surface area contributed by atoms with Gasteiger partial charge in [0.15, 0.2) is 11.5 Å². The summed E-state index contributed by atoms with van der Waals surface area (Å²) in [5.74, 6) is 0.645. The molecule has 3 aromatic carbocycles. The van der Waals surface area contributed by atoms with E-state index in [1.807, 2.05) is 23.1 Å². The molecule has 3 atom stereocenters. The van der Waals surface area contributed by atoms with Crippen molar-refractivity contribution in [3.05, 3.63) is 94.6 Å². The van der Waals surface area contributed by atoms with Crippen LogP contribution in [0, 0.1) is 6.92 Å². The molecule has 1 amide bonds. The lowest BCUT2D eigenvalue weighted by molar-refractivity contribution is -0.130. The summed E-state index contributed by atoms with van der Waals surface area (Å²) in [5.41, 5.74) is 5.66. The number of hydrogen-bond acceptors (Lipinski definition) is 5. The summed E-state index contributed by atoms with van der Waals surface area (Å²) in [6, 6.07) is 18.6. The van der Waals surface area contributed by atoms with Gasteiger partial charge in [-0.3, -0.25) is 4.79 Å². The number of carbonyl (C=O) groups is 2. The SMILES string of the molecule is Cc1cccc2c1NC1C2CCN(C(=O)/C=C/c2ccc(C(=O)O)cc2)C1c1ccc2c(c1)OCO2. The Bertz CT molecular complexity index is 1380. The van der Waals surface area contributed by atoms with Crippen molar-refractivity contribution in [3.8, 4) is 11.5 Å². The minimum Gasteiger partial charge on any atom is -0.478 e. The maximum Gasteiger partial charge on any atom is 0.335 e. The summed E-state index contributed by atoms with van der Waals surface area (Å²) in [6.45, 7) is 2.93. The van der Waals surface area contributed by atoms with E-state index in [0.29, 0.717) is 24.0 Å². The predicted octanol–water partition coefficient (Wildman–Crippen LogP) is 4.99. The fraction of sp³-hybridized carbons (Fsp3) is 0.241. The molecule has 3 unspecified atom stereocenters. The number of anilines is 1. The molecule has 1 saturated heterocycles. The molecule has 7 nitrogen and oxygen atoms in total. The summed E-state index contributed by atoms with van der Waals surface area (Å²) in [6.07, 6.45) is 4.17. The zero-order valence-corrected chi connectivity index (χ0v) is 19.8. The van der Waals surface area contributed by atoms with Gasteiger partial charge in [0.1, 0.15) is 0 Å². The van der Waals surface area contributed by atoms with E-state index >= 15 is 0 Å². The van der Waals surface area contributed by atoms with Crippen LogP contribution in [0.25, 0.3) is 6.08 Å². The third-order valence-corrected chi connectivity index (χ3v) is 7.40. The molecule has 182 valence electrons. The Morgan fingerprint density at radius 2 is 1.86 bits per heavy atom. The van der Waals surface area contributed by atoms with Gasteiger partial charge in [-0.05, 0) is 65.9 Å². The molecule has 0 saturated carbocycles. The maximum atomic E-state index is 13.6. The van der Waals surface area contributed by atoms with E-state index < -0.39 is 5.97 Å². The maximum absolute atomic E-state index is 13.6. The summed E-state index contributed by atoms with van der Waals surface area (Å²) >= 11 is 0. The van der Waals surface area contributed by atoms with Gasteiger partial charge in [-0.2, -0.15) is 0 Å². The number of aryl methyl sites for hydroxylation is 1. The number of carboxylic acids is 1. The lowest BCUT2D eigenvalue weighted by Gasteiger charge is -2.43. The Balaban J connectivity index is 1.33. The van der Waals surface area contributed by atoms with Crippen LogP contribution in [-0.2, 0) is 4.79 Å². The minimum atomic E-state index is -0.976. The van der Waals surface area contributed by atoms with Crippen molar-refractivity contribution in [1.29, 1.82) is 0 Å². The van der Waals surface area contributed by atoms with Gasteiger partial charge in [-0.1, -0.05) is 36.4 Å². The number of para-hydroxylation sites is 1. The first-order valence-corrected chi connectivity index (χ1v) is 12.1. The molecule has 3 aliphatic rings. The second-order valence-corrected chi connectivity index (χ2v) is 9.45. The smallest absolute Gasteiger partial charge is 0.335 e. The van der Waals surface area contributed by atoms with Crippen molar-refractivity contribution in [1.82, 2.24) is 4.90 Å². The highest BCUT2D eigenvalue weighted by Crippen LogP contribution is 2.50. The van der Waals surface area contributed by atoms with Gasteiger partial charge in [0.25, 0.3) is 0 Å². The van der Waals surface area contributed by atoms with Crippen LogP contribution >= 0.6 is 0 Å². The van der Waals surface area contributed by atoms with Gasteiger partial charge in [0, 0.05) is 24.2 Å². The summed E-state index contributed by atoms with van der Waals surface area (Å²) in [7, 11) is 0. The third kappa shape index (κ3) is 3.77. The number of piperidine rings is 1. The quantitative estimate of drug-likeness (QED) is 0.510. The van der Waals surface area contributed by atoms with Gasteiger partial charge in [0.2, 0.25) is 12.7 Å². The van der Waals surface area contributed by atoms with Crippen molar-refractivity contribution < 1.29 is 24.2 Å². The highest BCUT2D eigenvalue weighted by molar-refractivity contribution is 5.93. The predicted molar refractivity (Wildman–Crippen MR) is 135 cm³/mol. The molecule has 2 N–H and O–H groups in total. The zero-order chi connectivity index (χ0) is 24.8. The molecule has 0 aromatic heterocycles. The number of amides is 1. The fourth-order valence-electron chi connectivity index (χ4n) is 5.63. The van der Waals surface area contributed by atoms with Crippen LogP contribution in [0.1, 0.15) is 51.0 Å². The van der Waals surface area contributed by atoms with Crippen LogP contribution in [-0.4, -0.2) is 41.3 Å². The standard InChI is InChI=1S/C29H26N2O5/c1-17-3-2-4-21-22-13-14-31(25(32)12-7-18-5-8-19(9-6-18)29(33)34)28(27(22)30-26(17)21)20-10-11-23-24(15-20)36-16-35-23/h2-12,15,22,27-28,30H,13-14,16H2,1H3,(H,33,34)/b12-7+. The van der Waals surface area contributed by atoms with E-state index in [-0.39, 0.29) is 30.3 Å². The number of hydrogen-bond donors (Lipinski definition) is 2. The second kappa shape index (κ2) is 8.75. The number of likely N-dealkylation sites (tertiary alicyclic amines) is 1. The number of fused-ring (bicyclic) bond motifs is 4. The number of carbonyl (C=O) groups excluding carboxylic acids is 1. The van der Waals surface area contributed by atoms with Crippen LogP contribution in [0.5, 0.6) is 11.5 Å². The lowest BCUT2D eigenvalue weighted by Crippen LogP contribution is -2.48. The Labute approximate surface area is 209 Å². The number of rotatable bonds is 4. The molecule has 3 aliphatic heterocycles. The first-order chi connectivity index (χ1) is 17.5. The minimum absolute atomic E-state index is 0.0300. The molecule has 0 aliphatic carbocycles. The Hall–Kier alpha value is -4.26. The average molecular weight is 483 g/mol. The number of nitrogens with zero attached hydrogens (tertiary/aromatic N) is 1. The Kier molecular flexibility index (Phi) is 5.40. The van der Waals surface area contributed by atoms with E-state index in [4.69, 9.17) is 14.6 Å². The van der Waals surface area contributed by atoms with Crippen LogP contribution < -0.4 is 14.8 Å². The molecule has 7 heteroatoms. The molecular formula is C29H26N2O5. The van der Waals surface area contributed by atoms with E-state index in [1.54, 1.807) is 24.3 Å². The van der Waals surface area contributed by atoms with Gasteiger partial charge >= 0.3 is 5.97 Å². The van der Waals surface area contributed by atoms with Crippen molar-refractivity contribution in [3.63, 3.8) is 0 Å². The number of aromatic carboxylic acids is 1. The van der Waals surface area contributed by atoms with Gasteiger partial charge in [-0.15, -0.1) is 0 Å². The highest BCUT2D eigenvalue weighted by atomic mass is 16.7. The molecule has 3 heterocycles. The van der Waals surface area contributed by atoms with Crippen molar-refractivity contribution in [2.45, 2.75) is 31.3 Å². The largest absolute Gasteiger partial charge is 0.478 e. The Morgan fingerprint density at radius 3 is 2.67 bits per heavy atom. The molecule has 0 bridgehead atoms. The molecule has 3 aromatic rings. The van der Waals surface area contributed by atoms with Gasteiger partial charge < -0.3 is 24.8 Å². The Morgan fingerprint density at radius 1 is 1.06 bits per heavy atom. The van der Waals surface area contributed by atoms with Gasteiger partial charge in [-0.25, -0.2) is 4.79 Å². The molecule has 0 spiro atoms. The third-order valence-electron chi connectivity index (χ3n) is 7.40. The first kappa shape index (κ1) is 22.2. The first-order valence-electron chi connectivity index (χ1n) is 12.1. The monoisotopic (exact) mass is 482 g/mol. The average Bonchev–Trinajstić information content (AvgIpc) is 3.52.